The third-order valence-corrected chi connectivity index (χ3v) is 3.79. The summed E-state index contributed by atoms with van der Waals surface area (Å²) in [6, 6.07) is 13.2. The Kier molecular flexibility index (Phi) is 2.76. The van der Waals surface area contributed by atoms with Crippen molar-refractivity contribution in [2.45, 2.75) is 0 Å². The number of nitrogens with one attached hydrogen (secondary N) is 1. The molecule has 1 aliphatic heterocycles. The van der Waals surface area contributed by atoms with Gasteiger partial charge in [0.15, 0.2) is 17.3 Å². The molecule has 0 saturated heterocycles. The van der Waals surface area contributed by atoms with Gasteiger partial charge in [0.1, 0.15) is 0 Å². The van der Waals surface area contributed by atoms with Gasteiger partial charge >= 0.3 is 0 Å². The lowest BCUT2D eigenvalue weighted by Crippen LogP contribution is -1.97. The lowest BCUT2D eigenvalue weighted by atomic mass is 10.1. The highest BCUT2D eigenvalue weighted by molar-refractivity contribution is 6.15. The molecule has 1 aromatic heterocycles. The Morgan fingerprint density at radius 3 is 2.86 bits per heavy atom. The molecule has 0 unspecified atom stereocenters. The minimum atomic E-state index is -0.126. The van der Waals surface area contributed by atoms with Gasteiger partial charge in [0.2, 0.25) is 5.78 Å². The number of ketones is 1. The van der Waals surface area contributed by atoms with E-state index in [1.165, 1.54) is 0 Å². The number of methoxy groups -OCH3 is 1. The van der Waals surface area contributed by atoms with Crippen molar-refractivity contribution in [3.63, 3.8) is 0 Å². The maximum absolute atomic E-state index is 12.5. The number of ether oxygens (including phenoxy) is 2. The van der Waals surface area contributed by atoms with Gasteiger partial charge in [0.25, 0.3) is 0 Å². The molecule has 3 aromatic rings. The van der Waals surface area contributed by atoms with Gasteiger partial charge in [0.05, 0.1) is 12.7 Å². The van der Waals surface area contributed by atoms with Gasteiger partial charge in [-0.25, -0.2) is 0 Å². The van der Waals surface area contributed by atoms with Gasteiger partial charge in [-0.15, -0.1) is 0 Å². The van der Waals surface area contributed by atoms with Crippen LogP contribution in [0.1, 0.15) is 15.9 Å². The van der Waals surface area contributed by atoms with Crippen molar-refractivity contribution in [3.05, 3.63) is 65.5 Å². The summed E-state index contributed by atoms with van der Waals surface area (Å²) < 4.78 is 11.0. The van der Waals surface area contributed by atoms with Crippen molar-refractivity contribution in [1.29, 1.82) is 0 Å². The number of carbonyl (C=O) groups excluding carboxylic acids is 1. The fourth-order valence-corrected chi connectivity index (χ4v) is 2.70. The average Bonchev–Trinajstić information content (AvgIpc) is 3.10. The fraction of sp³-hybridized carbons (Fsp3) is 0.0556. The minimum Gasteiger partial charge on any atom is -0.493 e. The average molecular weight is 291 g/mol. The van der Waals surface area contributed by atoms with Crippen molar-refractivity contribution >= 4 is 22.8 Å². The van der Waals surface area contributed by atoms with Crippen LogP contribution in [0.2, 0.25) is 0 Å². The molecule has 0 amide bonds. The van der Waals surface area contributed by atoms with E-state index in [9.17, 15) is 4.79 Å². The highest BCUT2D eigenvalue weighted by atomic mass is 16.5. The van der Waals surface area contributed by atoms with Crippen LogP contribution in [0.3, 0.4) is 0 Å². The van der Waals surface area contributed by atoms with E-state index in [1.807, 2.05) is 30.5 Å². The number of carbonyl (C=O) groups is 1. The topological polar surface area (TPSA) is 51.3 Å². The highest BCUT2D eigenvalue weighted by Crippen LogP contribution is 2.39. The zero-order valence-electron chi connectivity index (χ0n) is 11.9. The van der Waals surface area contributed by atoms with Crippen LogP contribution >= 0.6 is 0 Å². The number of hydrogen-bond donors (Lipinski definition) is 1. The molecule has 2 aromatic carbocycles. The Hall–Kier alpha value is -3.01. The van der Waals surface area contributed by atoms with E-state index in [0.29, 0.717) is 22.8 Å². The number of rotatable bonds is 2. The zero-order valence-corrected chi connectivity index (χ0v) is 11.9. The number of allylic oxidation sites excluding steroid dienone is 1. The molecule has 1 aliphatic rings. The second kappa shape index (κ2) is 4.77. The molecule has 0 radical (unpaired) electrons. The molecule has 0 saturated carbocycles. The van der Waals surface area contributed by atoms with Crippen LogP contribution in [0.5, 0.6) is 11.5 Å². The Labute approximate surface area is 127 Å². The summed E-state index contributed by atoms with van der Waals surface area (Å²) in [4.78, 5) is 15.7. The van der Waals surface area contributed by atoms with E-state index in [4.69, 9.17) is 9.47 Å². The maximum atomic E-state index is 12.5. The van der Waals surface area contributed by atoms with Gasteiger partial charge in [-0.05, 0) is 24.3 Å². The van der Waals surface area contributed by atoms with E-state index in [1.54, 1.807) is 31.4 Å². The van der Waals surface area contributed by atoms with Crippen LogP contribution in [0, 0.1) is 0 Å². The summed E-state index contributed by atoms with van der Waals surface area (Å²) in [5, 5.41) is 1.05. The van der Waals surface area contributed by atoms with Gasteiger partial charge < -0.3 is 14.5 Å². The molecule has 0 aliphatic carbocycles. The summed E-state index contributed by atoms with van der Waals surface area (Å²) in [6.45, 7) is 0. The first-order valence-electron chi connectivity index (χ1n) is 6.95. The lowest BCUT2D eigenvalue weighted by Gasteiger charge is -2.04. The van der Waals surface area contributed by atoms with Gasteiger partial charge in [0, 0.05) is 22.7 Å². The molecule has 22 heavy (non-hydrogen) atoms. The molecule has 0 atom stereocenters. The SMILES string of the molecule is COc1cccc2c1OC(=Cc1c[nH]c3ccccc13)C2=O. The Morgan fingerprint density at radius 2 is 2.00 bits per heavy atom. The van der Waals surface area contributed by atoms with Crippen LogP contribution < -0.4 is 9.47 Å². The molecule has 0 spiro atoms. The Bertz CT molecular complexity index is 921. The number of aromatic amines is 1. The zero-order chi connectivity index (χ0) is 15.1. The number of aromatic nitrogens is 1. The highest BCUT2D eigenvalue weighted by Gasteiger charge is 2.30. The van der Waals surface area contributed by atoms with E-state index >= 15 is 0 Å². The molecule has 0 fully saturated rings. The largest absolute Gasteiger partial charge is 0.493 e. The molecule has 108 valence electrons. The number of H-pyrrole nitrogens is 1. The number of hydrogen-bond acceptors (Lipinski definition) is 3. The first kappa shape index (κ1) is 12.7. The summed E-state index contributed by atoms with van der Waals surface area (Å²) >= 11 is 0. The summed E-state index contributed by atoms with van der Waals surface area (Å²) in [6.07, 6.45) is 3.63. The van der Waals surface area contributed by atoms with Gasteiger partial charge in [-0.3, -0.25) is 4.79 Å². The van der Waals surface area contributed by atoms with E-state index in [2.05, 4.69) is 4.98 Å². The normalized spacial score (nSPS) is 15.1. The van der Waals surface area contributed by atoms with Crippen molar-refractivity contribution in [2.24, 2.45) is 0 Å². The van der Waals surface area contributed by atoms with Crippen molar-refractivity contribution in [2.75, 3.05) is 7.11 Å². The number of Topliss-reactive ketones (excluding diaryl/α,β-unsaturated/α-hetero) is 1. The third-order valence-electron chi connectivity index (χ3n) is 3.79. The smallest absolute Gasteiger partial charge is 0.232 e. The van der Waals surface area contributed by atoms with Crippen LogP contribution in [0.25, 0.3) is 17.0 Å². The van der Waals surface area contributed by atoms with E-state index in [-0.39, 0.29) is 5.78 Å². The quantitative estimate of drug-likeness (QED) is 0.731. The van der Waals surface area contributed by atoms with E-state index in [0.717, 1.165) is 16.5 Å². The first-order chi connectivity index (χ1) is 10.8. The first-order valence-corrected chi connectivity index (χ1v) is 6.95. The van der Waals surface area contributed by atoms with Crippen LogP contribution in [0.15, 0.2) is 54.4 Å². The monoisotopic (exact) mass is 291 g/mol. The second-order valence-electron chi connectivity index (χ2n) is 5.07. The third kappa shape index (κ3) is 1.81. The molecule has 4 nitrogen and oxygen atoms in total. The number of benzene rings is 2. The Balaban J connectivity index is 1.80. The Morgan fingerprint density at radius 1 is 1.14 bits per heavy atom. The van der Waals surface area contributed by atoms with Crippen LogP contribution in [-0.2, 0) is 0 Å². The van der Waals surface area contributed by atoms with Crippen molar-refractivity contribution in [3.8, 4) is 11.5 Å². The summed E-state index contributed by atoms with van der Waals surface area (Å²) in [5.74, 6) is 1.23. The fourth-order valence-electron chi connectivity index (χ4n) is 2.70. The number of para-hydroxylation sites is 2. The van der Waals surface area contributed by atoms with Crippen molar-refractivity contribution < 1.29 is 14.3 Å². The molecular weight excluding hydrogens is 278 g/mol. The van der Waals surface area contributed by atoms with Crippen LogP contribution in [0.4, 0.5) is 0 Å². The molecule has 4 rings (SSSR count). The molecule has 0 bridgehead atoms. The van der Waals surface area contributed by atoms with E-state index < -0.39 is 0 Å². The second-order valence-corrected chi connectivity index (χ2v) is 5.07. The molecule has 2 heterocycles. The maximum Gasteiger partial charge on any atom is 0.232 e. The lowest BCUT2D eigenvalue weighted by molar-refractivity contribution is 0.101. The number of fused-ring (bicyclic) bond motifs is 2. The van der Waals surface area contributed by atoms with Gasteiger partial charge in [-0.1, -0.05) is 24.3 Å². The standard InChI is InChI=1S/C18H13NO3/c1-21-15-8-4-6-13-17(20)16(22-18(13)15)9-11-10-19-14-7-3-2-5-12(11)14/h2-10,19H,1H3. The predicted octanol–water partition coefficient (Wildman–Crippen LogP) is 3.79. The van der Waals surface area contributed by atoms with Crippen LogP contribution in [-0.4, -0.2) is 17.9 Å². The summed E-state index contributed by atoms with van der Waals surface area (Å²) in [5.41, 5.74) is 2.48. The molecular formula is C18H13NO3. The van der Waals surface area contributed by atoms with Crippen molar-refractivity contribution in [1.82, 2.24) is 4.98 Å². The minimum absolute atomic E-state index is 0.126. The molecule has 4 heteroatoms. The predicted molar refractivity (Wildman–Crippen MR) is 84.2 cm³/mol. The van der Waals surface area contributed by atoms with Gasteiger partial charge in [-0.2, -0.15) is 0 Å². The summed E-state index contributed by atoms with van der Waals surface area (Å²) in [7, 11) is 1.56. The molecule has 1 N–H and O–H groups in total.